The number of oxazole rings is 1. The Balaban J connectivity index is 2.40. The first kappa shape index (κ1) is 11.7. The number of carboxylic acids is 1. The molecular weight excluding hydrogens is 245 g/mol. The minimum Gasteiger partial charge on any atom is -0.478 e. The quantitative estimate of drug-likeness (QED) is 0.911. The molecular formula is C11H8FNO3S. The smallest absolute Gasteiger partial charge is 0.336 e. The van der Waals surface area contributed by atoms with Crippen molar-refractivity contribution in [1.82, 2.24) is 4.98 Å². The predicted molar refractivity (Wildman–Crippen MR) is 58.7 cm³/mol. The molecule has 1 aromatic heterocycles. The number of aromatic nitrogens is 1. The molecule has 88 valence electrons. The summed E-state index contributed by atoms with van der Waals surface area (Å²) in [5.41, 5.74) is 0.548. The Bertz CT molecular complexity index is 568. The van der Waals surface area contributed by atoms with E-state index in [0.717, 1.165) is 11.8 Å². The van der Waals surface area contributed by atoms with Gasteiger partial charge in [0.1, 0.15) is 12.1 Å². The minimum atomic E-state index is -1.18. The zero-order valence-corrected chi connectivity index (χ0v) is 9.62. The van der Waals surface area contributed by atoms with Crippen LogP contribution in [0.4, 0.5) is 4.39 Å². The summed E-state index contributed by atoms with van der Waals surface area (Å²) >= 11 is 0.856. The van der Waals surface area contributed by atoms with Gasteiger partial charge >= 0.3 is 5.97 Å². The molecule has 0 atom stereocenters. The van der Waals surface area contributed by atoms with Crippen LogP contribution in [0.25, 0.3) is 0 Å². The average molecular weight is 253 g/mol. The van der Waals surface area contributed by atoms with Crippen LogP contribution in [-0.4, -0.2) is 16.1 Å². The van der Waals surface area contributed by atoms with Crippen LogP contribution in [0.3, 0.4) is 0 Å². The number of nitrogens with zero attached hydrogens (tertiary/aromatic N) is 1. The van der Waals surface area contributed by atoms with Gasteiger partial charge in [-0.2, -0.15) is 0 Å². The monoisotopic (exact) mass is 253 g/mol. The minimum absolute atomic E-state index is 0.00171. The summed E-state index contributed by atoms with van der Waals surface area (Å²) in [5.74, 6) is -1.79. The fourth-order valence-electron chi connectivity index (χ4n) is 1.25. The van der Waals surface area contributed by atoms with E-state index in [0.29, 0.717) is 5.69 Å². The highest BCUT2D eigenvalue weighted by atomic mass is 32.2. The Kier molecular flexibility index (Phi) is 3.14. The molecule has 2 aromatic rings. The molecule has 0 spiro atoms. The lowest BCUT2D eigenvalue weighted by Gasteiger charge is -2.03. The summed E-state index contributed by atoms with van der Waals surface area (Å²) in [4.78, 5) is 14.9. The van der Waals surface area contributed by atoms with Crippen LogP contribution >= 0.6 is 11.8 Å². The molecule has 0 fully saturated rings. The molecule has 0 radical (unpaired) electrons. The number of halogens is 1. The fourth-order valence-corrected chi connectivity index (χ4v) is 2.14. The summed E-state index contributed by atoms with van der Waals surface area (Å²) in [5, 5.41) is 9.16. The molecule has 0 bridgehead atoms. The van der Waals surface area contributed by atoms with Gasteiger partial charge in [0, 0.05) is 0 Å². The lowest BCUT2D eigenvalue weighted by atomic mass is 10.2. The zero-order valence-electron chi connectivity index (χ0n) is 8.81. The highest BCUT2D eigenvalue weighted by Crippen LogP contribution is 2.32. The summed E-state index contributed by atoms with van der Waals surface area (Å²) < 4.78 is 18.6. The first-order chi connectivity index (χ1) is 8.08. The second kappa shape index (κ2) is 4.58. The number of hydrogen-bond donors (Lipinski definition) is 1. The zero-order chi connectivity index (χ0) is 12.4. The number of benzene rings is 1. The third-order valence-corrected chi connectivity index (χ3v) is 2.97. The molecule has 0 amide bonds. The Morgan fingerprint density at radius 2 is 2.29 bits per heavy atom. The molecule has 0 aliphatic heterocycles. The van der Waals surface area contributed by atoms with Crippen molar-refractivity contribution in [2.75, 3.05) is 0 Å². The topological polar surface area (TPSA) is 63.3 Å². The van der Waals surface area contributed by atoms with Gasteiger partial charge in [0.05, 0.1) is 16.2 Å². The van der Waals surface area contributed by atoms with Crippen LogP contribution in [-0.2, 0) is 0 Å². The van der Waals surface area contributed by atoms with Gasteiger partial charge in [-0.25, -0.2) is 14.2 Å². The van der Waals surface area contributed by atoms with E-state index >= 15 is 0 Å². The molecule has 0 aliphatic carbocycles. The Morgan fingerprint density at radius 1 is 1.53 bits per heavy atom. The molecule has 1 heterocycles. The van der Waals surface area contributed by atoms with E-state index in [2.05, 4.69) is 4.98 Å². The average Bonchev–Trinajstić information content (AvgIpc) is 2.67. The van der Waals surface area contributed by atoms with Crippen LogP contribution in [0.5, 0.6) is 0 Å². The Morgan fingerprint density at radius 3 is 2.88 bits per heavy atom. The molecule has 4 nitrogen and oxygen atoms in total. The van der Waals surface area contributed by atoms with Gasteiger partial charge in [0.15, 0.2) is 0 Å². The number of aryl methyl sites for hydroxylation is 1. The fraction of sp³-hybridized carbons (Fsp3) is 0.0909. The van der Waals surface area contributed by atoms with Crippen molar-refractivity contribution in [2.24, 2.45) is 0 Å². The molecule has 1 N–H and O–H groups in total. The molecule has 0 aliphatic rings. The van der Waals surface area contributed by atoms with Gasteiger partial charge in [-0.05, 0) is 30.8 Å². The van der Waals surface area contributed by atoms with Crippen molar-refractivity contribution < 1.29 is 18.7 Å². The lowest BCUT2D eigenvalue weighted by molar-refractivity contribution is 0.0692. The number of carbonyl (C=O) groups is 1. The van der Waals surface area contributed by atoms with Crippen LogP contribution in [0, 0.1) is 12.7 Å². The molecule has 6 heteroatoms. The highest BCUT2D eigenvalue weighted by molar-refractivity contribution is 7.99. The standard InChI is InChI=1S/C11H8FNO3S/c1-6-5-16-11(13-6)17-9-7(10(14)15)3-2-4-8(9)12/h2-5H,1H3,(H,14,15). The number of rotatable bonds is 3. The molecule has 1 aromatic carbocycles. The normalized spacial score (nSPS) is 10.5. The van der Waals surface area contributed by atoms with E-state index in [1.54, 1.807) is 6.92 Å². The first-order valence-corrected chi connectivity index (χ1v) is 5.51. The molecule has 0 unspecified atom stereocenters. The van der Waals surface area contributed by atoms with E-state index in [1.807, 2.05) is 0 Å². The largest absolute Gasteiger partial charge is 0.478 e. The summed E-state index contributed by atoms with van der Waals surface area (Å²) in [6, 6.07) is 3.89. The Labute approximate surface area is 100 Å². The highest BCUT2D eigenvalue weighted by Gasteiger charge is 2.17. The van der Waals surface area contributed by atoms with Gasteiger partial charge in [0.2, 0.25) is 0 Å². The van der Waals surface area contributed by atoms with Crippen molar-refractivity contribution in [3.8, 4) is 0 Å². The summed E-state index contributed by atoms with van der Waals surface area (Å²) in [6.45, 7) is 1.73. The van der Waals surface area contributed by atoms with Gasteiger partial charge < -0.3 is 9.52 Å². The SMILES string of the molecule is Cc1coc(Sc2c(F)cccc2C(=O)O)n1. The maximum Gasteiger partial charge on any atom is 0.336 e. The van der Waals surface area contributed by atoms with Crippen molar-refractivity contribution in [3.63, 3.8) is 0 Å². The molecule has 17 heavy (non-hydrogen) atoms. The summed E-state index contributed by atoms with van der Waals surface area (Å²) in [6.07, 6.45) is 1.42. The van der Waals surface area contributed by atoms with Gasteiger partial charge in [0.25, 0.3) is 5.22 Å². The maximum atomic E-state index is 13.5. The lowest BCUT2D eigenvalue weighted by Crippen LogP contribution is -2.00. The van der Waals surface area contributed by atoms with Crippen molar-refractivity contribution >= 4 is 17.7 Å². The maximum absolute atomic E-state index is 13.5. The van der Waals surface area contributed by atoms with Crippen LogP contribution in [0.2, 0.25) is 0 Å². The number of aromatic carboxylic acids is 1. The first-order valence-electron chi connectivity index (χ1n) is 4.69. The molecule has 0 saturated carbocycles. The van der Waals surface area contributed by atoms with Crippen LogP contribution < -0.4 is 0 Å². The van der Waals surface area contributed by atoms with Crippen molar-refractivity contribution in [1.29, 1.82) is 0 Å². The third kappa shape index (κ3) is 2.47. The third-order valence-electron chi connectivity index (χ3n) is 1.98. The number of hydrogen-bond acceptors (Lipinski definition) is 4. The Hall–Kier alpha value is -1.82. The molecule has 2 rings (SSSR count). The van der Waals surface area contributed by atoms with E-state index in [1.165, 1.54) is 24.5 Å². The molecule has 0 saturated heterocycles. The van der Waals surface area contributed by atoms with Gasteiger partial charge in [-0.15, -0.1) is 0 Å². The predicted octanol–water partition coefficient (Wildman–Crippen LogP) is 2.97. The van der Waals surface area contributed by atoms with E-state index in [4.69, 9.17) is 9.52 Å². The van der Waals surface area contributed by atoms with Gasteiger partial charge in [-0.1, -0.05) is 6.07 Å². The number of carboxylic acid groups (broad SMARTS) is 1. The van der Waals surface area contributed by atoms with Crippen molar-refractivity contribution in [2.45, 2.75) is 17.0 Å². The van der Waals surface area contributed by atoms with Gasteiger partial charge in [-0.3, -0.25) is 0 Å². The van der Waals surface area contributed by atoms with Crippen molar-refractivity contribution in [3.05, 3.63) is 41.5 Å². The van der Waals surface area contributed by atoms with E-state index < -0.39 is 11.8 Å². The summed E-state index contributed by atoms with van der Waals surface area (Å²) in [7, 11) is 0. The van der Waals surface area contributed by atoms with E-state index in [9.17, 15) is 9.18 Å². The van der Waals surface area contributed by atoms with Crippen LogP contribution in [0.1, 0.15) is 16.1 Å². The van der Waals surface area contributed by atoms with Crippen LogP contribution in [0.15, 0.2) is 39.0 Å². The second-order valence-corrected chi connectivity index (χ2v) is 4.24. The van der Waals surface area contributed by atoms with E-state index in [-0.39, 0.29) is 15.7 Å². The second-order valence-electron chi connectivity index (χ2n) is 3.28.